The Hall–Kier alpha value is -0.610. The molecule has 0 saturated heterocycles. The van der Waals surface area contributed by atoms with Crippen LogP contribution in [0.4, 0.5) is 5.82 Å². The molecule has 1 heterocycles. The molecule has 0 unspecified atom stereocenters. The molecule has 0 spiro atoms. The number of hydrogen-bond donors (Lipinski definition) is 1. The molecule has 2 rings (SSSR count). The number of aromatic nitrogens is 1. The smallest absolute Gasteiger partial charge is 0.133 e. The second-order valence-corrected chi connectivity index (χ2v) is 6.51. The first-order valence-electron chi connectivity index (χ1n) is 7.26. The molecule has 0 aliphatic heterocycles. The van der Waals surface area contributed by atoms with Gasteiger partial charge in [-0.1, -0.05) is 20.8 Å². The highest BCUT2D eigenvalue weighted by molar-refractivity contribution is 9.10. The van der Waals surface area contributed by atoms with E-state index in [0.717, 1.165) is 17.6 Å². The number of hydrogen-bond acceptors (Lipinski definition) is 3. The Balaban J connectivity index is 2.21. The maximum atomic E-state index is 4.68. The Labute approximate surface area is 124 Å². The van der Waals surface area contributed by atoms with Gasteiger partial charge in [-0.2, -0.15) is 0 Å². The van der Waals surface area contributed by atoms with E-state index in [1.807, 2.05) is 6.20 Å². The van der Waals surface area contributed by atoms with Crippen LogP contribution in [0.3, 0.4) is 0 Å². The van der Waals surface area contributed by atoms with Gasteiger partial charge in [-0.05, 0) is 41.3 Å². The summed E-state index contributed by atoms with van der Waals surface area (Å²) in [4.78, 5) is 7.17. The Morgan fingerprint density at radius 2 is 2.21 bits per heavy atom. The molecule has 106 valence electrons. The van der Waals surface area contributed by atoms with Crippen LogP contribution in [0.5, 0.6) is 0 Å². The average Bonchev–Trinajstić information content (AvgIpc) is 3.18. The number of halogens is 1. The van der Waals surface area contributed by atoms with Gasteiger partial charge >= 0.3 is 0 Å². The van der Waals surface area contributed by atoms with Gasteiger partial charge in [0.1, 0.15) is 5.82 Å². The first kappa shape index (κ1) is 14.8. The van der Waals surface area contributed by atoms with Gasteiger partial charge in [0.15, 0.2) is 0 Å². The standard InChI is InChI=1S/C15H24BrN3/c1-4-7-19(14-5-6-14)15-12(9-17-11(2)3)8-13(16)10-18-15/h8,10-11,14,17H,4-7,9H2,1-3H3. The van der Waals surface area contributed by atoms with Crippen LogP contribution in [0, 0.1) is 0 Å². The zero-order chi connectivity index (χ0) is 13.8. The summed E-state index contributed by atoms with van der Waals surface area (Å²) in [5.41, 5.74) is 1.29. The molecular weight excluding hydrogens is 302 g/mol. The van der Waals surface area contributed by atoms with E-state index < -0.39 is 0 Å². The SMILES string of the molecule is CCCN(c1ncc(Br)cc1CNC(C)C)C1CC1. The van der Waals surface area contributed by atoms with Crippen molar-refractivity contribution in [3.05, 3.63) is 22.3 Å². The van der Waals surface area contributed by atoms with Crippen molar-refractivity contribution >= 4 is 21.7 Å². The van der Waals surface area contributed by atoms with Crippen LogP contribution < -0.4 is 10.2 Å². The second-order valence-electron chi connectivity index (χ2n) is 5.60. The zero-order valence-corrected chi connectivity index (χ0v) is 13.7. The minimum Gasteiger partial charge on any atom is -0.353 e. The minimum atomic E-state index is 0.493. The summed E-state index contributed by atoms with van der Waals surface area (Å²) >= 11 is 3.54. The molecule has 0 radical (unpaired) electrons. The zero-order valence-electron chi connectivity index (χ0n) is 12.1. The maximum Gasteiger partial charge on any atom is 0.133 e. The van der Waals surface area contributed by atoms with E-state index in [1.54, 1.807) is 0 Å². The second kappa shape index (κ2) is 6.71. The summed E-state index contributed by atoms with van der Waals surface area (Å²) in [5, 5.41) is 3.50. The molecular formula is C15H24BrN3. The Kier molecular flexibility index (Phi) is 5.22. The predicted molar refractivity (Wildman–Crippen MR) is 84.6 cm³/mol. The van der Waals surface area contributed by atoms with Gasteiger partial charge in [-0.15, -0.1) is 0 Å². The first-order valence-corrected chi connectivity index (χ1v) is 8.05. The third-order valence-corrected chi connectivity index (χ3v) is 3.77. The molecule has 0 aromatic carbocycles. The van der Waals surface area contributed by atoms with E-state index in [1.165, 1.54) is 30.6 Å². The lowest BCUT2D eigenvalue weighted by Gasteiger charge is -2.26. The van der Waals surface area contributed by atoms with Crippen molar-refractivity contribution in [1.82, 2.24) is 10.3 Å². The summed E-state index contributed by atoms with van der Waals surface area (Å²) in [7, 11) is 0. The maximum absolute atomic E-state index is 4.68. The fourth-order valence-electron chi connectivity index (χ4n) is 2.27. The van der Waals surface area contributed by atoms with Gasteiger partial charge in [0.2, 0.25) is 0 Å². The van der Waals surface area contributed by atoms with Crippen LogP contribution >= 0.6 is 15.9 Å². The van der Waals surface area contributed by atoms with Crippen molar-refractivity contribution in [2.45, 2.75) is 58.7 Å². The monoisotopic (exact) mass is 325 g/mol. The van der Waals surface area contributed by atoms with Gasteiger partial charge in [-0.3, -0.25) is 0 Å². The van der Waals surface area contributed by atoms with Crippen molar-refractivity contribution in [3.63, 3.8) is 0 Å². The van der Waals surface area contributed by atoms with Crippen LogP contribution in [0.2, 0.25) is 0 Å². The fraction of sp³-hybridized carbons (Fsp3) is 0.667. The number of nitrogens with one attached hydrogen (secondary N) is 1. The van der Waals surface area contributed by atoms with Gasteiger partial charge in [0, 0.05) is 41.4 Å². The van der Waals surface area contributed by atoms with Crippen molar-refractivity contribution < 1.29 is 0 Å². The van der Waals surface area contributed by atoms with E-state index >= 15 is 0 Å². The van der Waals surface area contributed by atoms with Crippen molar-refractivity contribution in [2.24, 2.45) is 0 Å². The largest absolute Gasteiger partial charge is 0.353 e. The summed E-state index contributed by atoms with van der Waals surface area (Å²) in [5.74, 6) is 1.17. The molecule has 1 aromatic rings. The molecule has 1 aliphatic carbocycles. The number of nitrogens with zero attached hydrogens (tertiary/aromatic N) is 2. The molecule has 0 bridgehead atoms. The van der Waals surface area contributed by atoms with E-state index in [2.05, 4.69) is 58.0 Å². The van der Waals surface area contributed by atoms with Crippen LogP contribution in [-0.4, -0.2) is 23.6 Å². The number of pyridine rings is 1. The summed E-state index contributed by atoms with van der Waals surface area (Å²) in [6.07, 6.45) is 5.72. The Bertz CT molecular complexity index is 416. The van der Waals surface area contributed by atoms with Crippen LogP contribution in [-0.2, 0) is 6.54 Å². The molecule has 1 aliphatic rings. The van der Waals surface area contributed by atoms with Crippen LogP contribution in [0.1, 0.15) is 45.6 Å². The van der Waals surface area contributed by atoms with Gasteiger partial charge in [0.05, 0.1) is 0 Å². The summed E-state index contributed by atoms with van der Waals surface area (Å²) in [6.45, 7) is 8.58. The predicted octanol–water partition coefficient (Wildman–Crippen LogP) is 3.72. The molecule has 0 atom stereocenters. The molecule has 1 saturated carbocycles. The van der Waals surface area contributed by atoms with E-state index in [0.29, 0.717) is 12.1 Å². The molecule has 1 fully saturated rings. The molecule has 1 aromatic heterocycles. The Morgan fingerprint density at radius 1 is 1.47 bits per heavy atom. The minimum absolute atomic E-state index is 0.493. The van der Waals surface area contributed by atoms with Crippen LogP contribution in [0.15, 0.2) is 16.7 Å². The molecule has 4 heteroatoms. The Morgan fingerprint density at radius 3 is 2.79 bits per heavy atom. The highest BCUT2D eigenvalue weighted by atomic mass is 79.9. The topological polar surface area (TPSA) is 28.2 Å². The highest BCUT2D eigenvalue weighted by Gasteiger charge is 2.30. The van der Waals surface area contributed by atoms with Crippen molar-refractivity contribution in [2.75, 3.05) is 11.4 Å². The van der Waals surface area contributed by atoms with Crippen molar-refractivity contribution in [3.8, 4) is 0 Å². The van der Waals surface area contributed by atoms with Gasteiger partial charge in [-0.25, -0.2) is 4.98 Å². The van der Waals surface area contributed by atoms with Crippen molar-refractivity contribution in [1.29, 1.82) is 0 Å². The molecule has 3 nitrogen and oxygen atoms in total. The van der Waals surface area contributed by atoms with Crippen LogP contribution in [0.25, 0.3) is 0 Å². The normalized spacial score (nSPS) is 15.0. The molecule has 1 N–H and O–H groups in total. The average molecular weight is 326 g/mol. The van der Waals surface area contributed by atoms with Gasteiger partial charge in [0.25, 0.3) is 0 Å². The highest BCUT2D eigenvalue weighted by Crippen LogP contribution is 2.33. The first-order chi connectivity index (χ1) is 9.11. The quantitative estimate of drug-likeness (QED) is 0.828. The van der Waals surface area contributed by atoms with E-state index in [-0.39, 0.29) is 0 Å². The summed E-state index contributed by atoms with van der Waals surface area (Å²) < 4.78 is 1.06. The van der Waals surface area contributed by atoms with Gasteiger partial charge < -0.3 is 10.2 Å². The third kappa shape index (κ3) is 4.18. The number of anilines is 1. The molecule has 19 heavy (non-hydrogen) atoms. The fourth-order valence-corrected chi connectivity index (χ4v) is 2.64. The lowest BCUT2D eigenvalue weighted by atomic mass is 10.2. The number of rotatable bonds is 7. The summed E-state index contributed by atoms with van der Waals surface area (Å²) in [6, 6.07) is 3.40. The lowest BCUT2D eigenvalue weighted by molar-refractivity contribution is 0.585. The molecule has 0 amide bonds. The lowest BCUT2D eigenvalue weighted by Crippen LogP contribution is -2.30. The van der Waals surface area contributed by atoms with E-state index in [9.17, 15) is 0 Å². The third-order valence-electron chi connectivity index (χ3n) is 3.33. The van der Waals surface area contributed by atoms with E-state index in [4.69, 9.17) is 0 Å².